The molecule has 170 valence electrons. The van der Waals surface area contributed by atoms with E-state index in [2.05, 4.69) is 17.4 Å². The van der Waals surface area contributed by atoms with Crippen LogP contribution in [-0.2, 0) is 16.1 Å². The van der Waals surface area contributed by atoms with Crippen molar-refractivity contribution in [3.63, 3.8) is 0 Å². The van der Waals surface area contributed by atoms with Crippen LogP contribution in [0.3, 0.4) is 0 Å². The van der Waals surface area contributed by atoms with Crippen molar-refractivity contribution in [2.45, 2.75) is 31.9 Å². The monoisotopic (exact) mass is 444 g/mol. The third kappa shape index (κ3) is 5.23. The number of aliphatic hydroxyl groups excluding tert-OH is 1. The second kappa shape index (κ2) is 10.8. The van der Waals surface area contributed by atoms with Crippen LogP contribution < -0.4 is 5.32 Å². The number of hydrogen-bond acceptors (Lipinski definition) is 4. The Hall–Kier alpha value is -3.64. The highest BCUT2D eigenvalue weighted by molar-refractivity contribution is 6.09. The standard InChI is InChI=1S/C27H28N2O4/c30-18-26(31)25(16-8-9-17-28-27(32)33-19-20-10-2-1-3-11-20)29-23-14-6-4-12-21(23)22-13-5-7-15-24(22)29/h1-7,10-15,25,30H,8-9,16-19H2,(H,28,32)/t25-/m0/s1. The number of rotatable bonds is 10. The van der Waals surface area contributed by atoms with Crippen molar-refractivity contribution in [2.75, 3.05) is 13.2 Å². The van der Waals surface area contributed by atoms with E-state index in [1.165, 1.54) is 0 Å². The number of ether oxygens (including phenoxy) is 1. The molecular weight excluding hydrogens is 416 g/mol. The predicted octanol–water partition coefficient (Wildman–Crippen LogP) is 4.99. The van der Waals surface area contributed by atoms with Gasteiger partial charge in [0.15, 0.2) is 5.78 Å². The SMILES string of the molecule is O=C(NCCCC[C@@H](C(=O)CO)n1c2ccccc2c2ccccc21)OCc1ccccc1. The van der Waals surface area contributed by atoms with Gasteiger partial charge in [-0.25, -0.2) is 4.79 Å². The number of para-hydroxylation sites is 2. The van der Waals surface area contributed by atoms with Gasteiger partial charge in [0.05, 0.1) is 6.04 Å². The molecule has 0 spiro atoms. The third-order valence-electron chi connectivity index (χ3n) is 5.84. The summed E-state index contributed by atoms with van der Waals surface area (Å²) in [6, 6.07) is 25.1. The van der Waals surface area contributed by atoms with Gasteiger partial charge in [-0.05, 0) is 37.0 Å². The van der Waals surface area contributed by atoms with E-state index in [4.69, 9.17) is 4.74 Å². The molecule has 0 aliphatic rings. The average Bonchev–Trinajstić information content (AvgIpc) is 3.19. The van der Waals surface area contributed by atoms with E-state index in [9.17, 15) is 14.7 Å². The second-order valence-corrected chi connectivity index (χ2v) is 8.03. The van der Waals surface area contributed by atoms with Crippen LogP contribution in [0.4, 0.5) is 4.79 Å². The predicted molar refractivity (Wildman–Crippen MR) is 129 cm³/mol. The zero-order valence-corrected chi connectivity index (χ0v) is 18.4. The summed E-state index contributed by atoms with van der Waals surface area (Å²) < 4.78 is 7.27. The van der Waals surface area contributed by atoms with Crippen LogP contribution in [0.25, 0.3) is 21.8 Å². The first-order chi connectivity index (χ1) is 16.2. The molecule has 0 bridgehead atoms. The van der Waals surface area contributed by atoms with Crippen LogP contribution in [-0.4, -0.2) is 34.7 Å². The van der Waals surface area contributed by atoms with E-state index in [1.807, 2.05) is 71.3 Å². The first-order valence-corrected chi connectivity index (χ1v) is 11.2. The number of nitrogens with one attached hydrogen (secondary N) is 1. The average molecular weight is 445 g/mol. The van der Waals surface area contributed by atoms with E-state index in [-0.39, 0.29) is 12.4 Å². The quantitative estimate of drug-likeness (QED) is 0.338. The normalized spacial score (nSPS) is 12.0. The lowest BCUT2D eigenvalue weighted by molar-refractivity contribution is -0.125. The molecule has 1 atom stereocenters. The first-order valence-electron chi connectivity index (χ1n) is 11.2. The maximum absolute atomic E-state index is 12.7. The summed E-state index contributed by atoms with van der Waals surface area (Å²) in [5.41, 5.74) is 2.89. The molecule has 1 amide bonds. The number of aromatic nitrogens is 1. The van der Waals surface area contributed by atoms with Gasteiger partial charge in [0.1, 0.15) is 13.2 Å². The number of unbranched alkanes of at least 4 members (excludes halogenated alkanes) is 1. The Labute approximate surface area is 192 Å². The van der Waals surface area contributed by atoms with Crippen LogP contribution in [0.2, 0.25) is 0 Å². The summed E-state index contributed by atoms with van der Waals surface area (Å²) >= 11 is 0. The van der Waals surface area contributed by atoms with Crippen molar-refractivity contribution >= 4 is 33.7 Å². The van der Waals surface area contributed by atoms with E-state index in [0.29, 0.717) is 19.4 Å². The molecule has 0 fully saturated rings. The van der Waals surface area contributed by atoms with Crippen LogP contribution in [0.5, 0.6) is 0 Å². The van der Waals surface area contributed by atoms with E-state index in [0.717, 1.165) is 33.8 Å². The zero-order chi connectivity index (χ0) is 23.0. The molecule has 0 aliphatic heterocycles. The fourth-order valence-electron chi connectivity index (χ4n) is 4.26. The van der Waals surface area contributed by atoms with Gasteiger partial charge in [0.25, 0.3) is 0 Å². The number of benzene rings is 3. The number of carbonyl (C=O) groups is 2. The summed E-state index contributed by atoms with van der Waals surface area (Å²) in [6.45, 7) is 0.184. The number of aliphatic hydroxyl groups is 1. The van der Waals surface area contributed by atoms with Gasteiger partial charge < -0.3 is 19.7 Å². The Morgan fingerprint density at radius 3 is 2.09 bits per heavy atom. The molecule has 3 aromatic carbocycles. The second-order valence-electron chi connectivity index (χ2n) is 8.03. The fourth-order valence-corrected chi connectivity index (χ4v) is 4.26. The highest BCUT2D eigenvalue weighted by Gasteiger charge is 2.23. The van der Waals surface area contributed by atoms with Crippen molar-refractivity contribution in [3.05, 3.63) is 84.4 Å². The van der Waals surface area contributed by atoms with Gasteiger partial charge in [-0.3, -0.25) is 4.79 Å². The number of fused-ring (bicyclic) bond motifs is 3. The molecule has 33 heavy (non-hydrogen) atoms. The molecule has 4 rings (SSSR count). The molecule has 4 aromatic rings. The maximum atomic E-state index is 12.7. The van der Waals surface area contributed by atoms with E-state index >= 15 is 0 Å². The molecule has 0 saturated carbocycles. The molecule has 6 heteroatoms. The highest BCUT2D eigenvalue weighted by Crippen LogP contribution is 2.33. The first kappa shape index (κ1) is 22.6. The third-order valence-corrected chi connectivity index (χ3v) is 5.84. The van der Waals surface area contributed by atoms with Crippen molar-refractivity contribution in [3.8, 4) is 0 Å². The van der Waals surface area contributed by atoms with Gasteiger partial charge in [-0.2, -0.15) is 0 Å². The molecule has 1 aromatic heterocycles. The number of hydrogen-bond donors (Lipinski definition) is 2. The Bertz CT molecular complexity index is 1180. The molecule has 6 nitrogen and oxygen atoms in total. The van der Waals surface area contributed by atoms with Crippen molar-refractivity contribution in [1.82, 2.24) is 9.88 Å². The summed E-state index contributed by atoms with van der Waals surface area (Å²) in [7, 11) is 0. The van der Waals surface area contributed by atoms with Crippen molar-refractivity contribution in [2.24, 2.45) is 0 Å². The highest BCUT2D eigenvalue weighted by atomic mass is 16.5. The van der Waals surface area contributed by atoms with Crippen LogP contribution >= 0.6 is 0 Å². The van der Waals surface area contributed by atoms with Gasteiger partial charge in [0, 0.05) is 28.4 Å². The Balaban J connectivity index is 1.37. The van der Waals surface area contributed by atoms with Crippen molar-refractivity contribution < 1.29 is 19.4 Å². The molecular formula is C27H28N2O4. The number of Topliss-reactive ketones (excluding diaryl/α,β-unsaturated/α-hetero) is 1. The molecule has 0 aliphatic carbocycles. The minimum atomic E-state index is -0.504. The Morgan fingerprint density at radius 2 is 1.45 bits per heavy atom. The van der Waals surface area contributed by atoms with Crippen LogP contribution in [0.1, 0.15) is 30.9 Å². The molecule has 0 radical (unpaired) electrons. The zero-order valence-electron chi connectivity index (χ0n) is 18.4. The largest absolute Gasteiger partial charge is 0.445 e. The number of nitrogens with zero attached hydrogens (tertiary/aromatic N) is 1. The van der Waals surface area contributed by atoms with Gasteiger partial charge in [0.2, 0.25) is 0 Å². The molecule has 2 N–H and O–H groups in total. The number of carbonyl (C=O) groups excluding carboxylic acids is 2. The topological polar surface area (TPSA) is 80.6 Å². The Morgan fingerprint density at radius 1 is 0.848 bits per heavy atom. The summed E-state index contributed by atoms with van der Waals surface area (Å²) in [6.07, 6.45) is 1.54. The van der Waals surface area contributed by atoms with Crippen molar-refractivity contribution in [1.29, 1.82) is 0 Å². The number of alkyl carbamates (subject to hydrolysis) is 1. The molecule has 0 saturated heterocycles. The molecule has 0 unspecified atom stereocenters. The summed E-state index contributed by atoms with van der Waals surface area (Å²) in [5, 5.41) is 14.6. The minimum Gasteiger partial charge on any atom is -0.445 e. The Kier molecular flexibility index (Phi) is 7.37. The van der Waals surface area contributed by atoms with Gasteiger partial charge in [-0.1, -0.05) is 66.7 Å². The fraction of sp³-hybridized carbons (Fsp3) is 0.259. The van der Waals surface area contributed by atoms with Crippen LogP contribution in [0, 0.1) is 0 Å². The van der Waals surface area contributed by atoms with E-state index < -0.39 is 18.7 Å². The van der Waals surface area contributed by atoms with E-state index in [1.54, 1.807) is 0 Å². The van der Waals surface area contributed by atoms with Crippen LogP contribution in [0.15, 0.2) is 78.9 Å². The molecule has 1 heterocycles. The number of ketones is 1. The summed E-state index contributed by atoms with van der Waals surface area (Å²) in [4.78, 5) is 24.7. The lowest BCUT2D eigenvalue weighted by atomic mass is 10.0. The maximum Gasteiger partial charge on any atom is 0.407 e. The minimum absolute atomic E-state index is 0.211. The lowest BCUT2D eigenvalue weighted by Gasteiger charge is -2.19. The van der Waals surface area contributed by atoms with Gasteiger partial charge >= 0.3 is 6.09 Å². The lowest BCUT2D eigenvalue weighted by Crippen LogP contribution is -2.26. The number of amides is 1. The van der Waals surface area contributed by atoms with Gasteiger partial charge in [-0.15, -0.1) is 0 Å². The smallest absolute Gasteiger partial charge is 0.407 e. The summed E-state index contributed by atoms with van der Waals surface area (Å²) in [5.74, 6) is -0.211.